The first-order valence-corrected chi connectivity index (χ1v) is 6.68. The first-order valence-electron chi connectivity index (χ1n) is 6.68. The Bertz CT molecular complexity index is 551. The maximum absolute atomic E-state index is 11.9. The topological polar surface area (TPSA) is 95.8 Å². The molecule has 2 aromatic heterocycles. The molecule has 0 saturated heterocycles. The maximum Gasteiger partial charge on any atom is 0.287 e. The Morgan fingerprint density at radius 2 is 2.40 bits per heavy atom. The molecule has 0 aliphatic heterocycles. The van der Waals surface area contributed by atoms with E-state index in [2.05, 4.69) is 20.4 Å². The average molecular weight is 275 g/mol. The smallest absolute Gasteiger partial charge is 0.287 e. The lowest BCUT2D eigenvalue weighted by molar-refractivity contribution is 0.0863. The van der Waals surface area contributed by atoms with Crippen LogP contribution in [0.15, 0.2) is 30.9 Å². The highest BCUT2D eigenvalue weighted by atomic mass is 16.3. The van der Waals surface area contributed by atoms with Gasteiger partial charge in [-0.15, -0.1) is 0 Å². The highest BCUT2D eigenvalue weighted by Crippen LogP contribution is 2.27. The van der Waals surface area contributed by atoms with Crippen LogP contribution >= 0.6 is 0 Å². The summed E-state index contributed by atoms with van der Waals surface area (Å²) in [5.74, 6) is 0.304. The van der Waals surface area contributed by atoms with Crippen LogP contribution in [-0.2, 0) is 6.54 Å². The van der Waals surface area contributed by atoms with Gasteiger partial charge in [-0.25, -0.2) is 4.98 Å². The van der Waals surface area contributed by atoms with Crippen molar-refractivity contribution in [2.24, 2.45) is 5.92 Å². The van der Waals surface area contributed by atoms with E-state index < -0.39 is 6.10 Å². The highest BCUT2D eigenvalue weighted by Gasteiger charge is 2.34. The average Bonchev–Trinajstić information content (AvgIpc) is 3.14. The number of hydrogen-bond donors (Lipinski definition) is 3. The van der Waals surface area contributed by atoms with Crippen LogP contribution in [-0.4, -0.2) is 42.9 Å². The van der Waals surface area contributed by atoms with Crippen molar-refractivity contribution in [3.05, 3.63) is 36.7 Å². The number of aliphatic hydroxyl groups excluding tert-OH is 1. The molecule has 7 nitrogen and oxygen atoms in total. The van der Waals surface area contributed by atoms with Gasteiger partial charge in [0, 0.05) is 31.3 Å². The van der Waals surface area contributed by atoms with Gasteiger partial charge in [0.2, 0.25) is 0 Å². The number of aromatic amines is 1. The Kier molecular flexibility index (Phi) is 3.51. The number of H-pyrrole nitrogens is 1. The normalized spacial score (nSPS) is 25.8. The highest BCUT2D eigenvalue weighted by molar-refractivity contribution is 5.90. The van der Waals surface area contributed by atoms with Crippen LogP contribution in [0.2, 0.25) is 0 Å². The van der Waals surface area contributed by atoms with Crippen molar-refractivity contribution < 1.29 is 9.90 Å². The summed E-state index contributed by atoms with van der Waals surface area (Å²) in [6, 6.07) is 1.65. The van der Waals surface area contributed by atoms with Gasteiger partial charge in [0.25, 0.3) is 5.91 Å². The molecule has 0 bridgehead atoms. The van der Waals surface area contributed by atoms with Gasteiger partial charge >= 0.3 is 0 Å². The van der Waals surface area contributed by atoms with Crippen LogP contribution in [0.25, 0.3) is 0 Å². The quantitative estimate of drug-likeness (QED) is 0.741. The number of nitrogens with one attached hydrogen (secondary N) is 2. The standard InChI is InChI=1S/C13H17N5O2/c19-11-7-9(8-18-5-1-2-16-18)6-10(11)17-13(20)12-14-3-4-15-12/h1-5,9-11,19H,6-8H2,(H,14,15)(H,17,20)/t9?,10-,11-/m1/s1. The van der Waals surface area contributed by atoms with Gasteiger partial charge in [0.15, 0.2) is 5.82 Å². The van der Waals surface area contributed by atoms with Gasteiger partial charge in [-0.05, 0) is 24.8 Å². The molecule has 3 rings (SSSR count). The Hall–Kier alpha value is -2.15. The van der Waals surface area contributed by atoms with E-state index in [1.54, 1.807) is 12.4 Å². The van der Waals surface area contributed by atoms with E-state index in [0.29, 0.717) is 12.3 Å². The van der Waals surface area contributed by atoms with Crippen LogP contribution in [0.3, 0.4) is 0 Å². The molecule has 7 heteroatoms. The van der Waals surface area contributed by atoms with Crippen LogP contribution < -0.4 is 5.32 Å². The second-order valence-electron chi connectivity index (χ2n) is 5.15. The molecule has 1 saturated carbocycles. The summed E-state index contributed by atoms with van der Waals surface area (Å²) in [6.07, 6.45) is 7.66. The van der Waals surface area contributed by atoms with Crippen LogP contribution in [0, 0.1) is 5.92 Å². The molecule has 0 spiro atoms. The summed E-state index contributed by atoms with van der Waals surface area (Å²) in [4.78, 5) is 18.6. The molecular formula is C13H17N5O2. The Balaban J connectivity index is 1.57. The lowest BCUT2D eigenvalue weighted by Gasteiger charge is -2.15. The zero-order valence-corrected chi connectivity index (χ0v) is 10.9. The van der Waals surface area contributed by atoms with E-state index in [9.17, 15) is 9.90 Å². The van der Waals surface area contributed by atoms with E-state index in [0.717, 1.165) is 13.0 Å². The fourth-order valence-electron chi connectivity index (χ4n) is 2.72. The first kappa shape index (κ1) is 12.9. The molecule has 1 fully saturated rings. The Morgan fingerprint density at radius 1 is 1.50 bits per heavy atom. The number of amides is 1. The molecule has 1 aliphatic carbocycles. The monoisotopic (exact) mass is 275 g/mol. The predicted molar refractivity (Wildman–Crippen MR) is 70.8 cm³/mol. The molecule has 1 amide bonds. The van der Waals surface area contributed by atoms with Gasteiger partial charge in [0.1, 0.15) is 0 Å². The summed E-state index contributed by atoms with van der Waals surface area (Å²) >= 11 is 0. The molecular weight excluding hydrogens is 258 g/mol. The molecule has 0 radical (unpaired) electrons. The molecule has 2 aromatic rings. The fraction of sp³-hybridized carbons (Fsp3) is 0.462. The lowest BCUT2D eigenvalue weighted by Crippen LogP contribution is -2.40. The third-order valence-electron chi connectivity index (χ3n) is 3.66. The van der Waals surface area contributed by atoms with E-state index in [1.165, 1.54) is 6.20 Å². The molecule has 0 aromatic carbocycles. The third kappa shape index (κ3) is 2.72. The summed E-state index contributed by atoms with van der Waals surface area (Å²) in [6.45, 7) is 0.761. The van der Waals surface area contributed by atoms with Gasteiger partial charge in [0.05, 0.1) is 12.1 Å². The van der Waals surface area contributed by atoms with Crippen molar-refractivity contribution in [3.63, 3.8) is 0 Å². The molecule has 3 N–H and O–H groups in total. The van der Waals surface area contributed by atoms with Gasteiger partial charge < -0.3 is 15.4 Å². The Labute approximate surface area is 116 Å². The molecule has 3 atom stereocenters. The van der Waals surface area contributed by atoms with Crippen LogP contribution in [0.1, 0.15) is 23.5 Å². The number of rotatable bonds is 4. The summed E-state index contributed by atoms with van der Waals surface area (Å²) in [5.41, 5.74) is 0. The first-order chi connectivity index (χ1) is 9.72. The zero-order valence-electron chi connectivity index (χ0n) is 10.9. The fourth-order valence-corrected chi connectivity index (χ4v) is 2.72. The predicted octanol–water partition coefficient (Wildman–Crippen LogP) is 0.176. The molecule has 20 heavy (non-hydrogen) atoms. The lowest BCUT2D eigenvalue weighted by atomic mass is 10.1. The SMILES string of the molecule is O=C(N[C@@H]1CC(Cn2cccn2)C[C@H]1O)c1ncc[nH]1. The van der Waals surface area contributed by atoms with Crippen molar-refractivity contribution in [3.8, 4) is 0 Å². The van der Waals surface area contributed by atoms with E-state index in [-0.39, 0.29) is 17.8 Å². The van der Waals surface area contributed by atoms with Gasteiger partial charge in [-0.3, -0.25) is 9.48 Å². The number of nitrogens with zero attached hydrogens (tertiary/aromatic N) is 3. The molecule has 2 heterocycles. The molecule has 106 valence electrons. The molecule has 1 unspecified atom stereocenters. The minimum atomic E-state index is -0.519. The van der Waals surface area contributed by atoms with Crippen LogP contribution in [0.4, 0.5) is 0 Å². The maximum atomic E-state index is 11.9. The number of hydrogen-bond acceptors (Lipinski definition) is 4. The number of imidazole rings is 1. The van der Waals surface area contributed by atoms with E-state index in [1.807, 2.05) is 16.9 Å². The Morgan fingerprint density at radius 3 is 3.10 bits per heavy atom. The minimum Gasteiger partial charge on any atom is -0.391 e. The number of aliphatic hydroxyl groups is 1. The zero-order chi connectivity index (χ0) is 13.9. The van der Waals surface area contributed by atoms with E-state index >= 15 is 0 Å². The summed E-state index contributed by atoms with van der Waals surface area (Å²) in [7, 11) is 0. The third-order valence-corrected chi connectivity index (χ3v) is 3.66. The second-order valence-corrected chi connectivity index (χ2v) is 5.15. The van der Waals surface area contributed by atoms with Crippen LogP contribution in [0.5, 0.6) is 0 Å². The number of aromatic nitrogens is 4. The summed E-state index contributed by atoms with van der Waals surface area (Å²) < 4.78 is 1.86. The largest absolute Gasteiger partial charge is 0.391 e. The van der Waals surface area contributed by atoms with Crippen molar-refractivity contribution in [2.45, 2.75) is 31.5 Å². The second kappa shape index (κ2) is 5.46. The van der Waals surface area contributed by atoms with Crippen molar-refractivity contribution in [1.29, 1.82) is 0 Å². The van der Waals surface area contributed by atoms with Gasteiger partial charge in [-0.2, -0.15) is 5.10 Å². The van der Waals surface area contributed by atoms with Crippen molar-refractivity contribution >= 4 is 5.91 Å². The number of carbonyl (C=O) groups is 1. The van der Waals surface area contributed by atoms with E-state index in [4.69, 9.17) is 0 Å². The minimum absolute atomic E-state index is 0.229. The summed E-state index contributed by atoms with van der Waals surface area (Å²) in [5, 5.41) is 17.1. The van der Waals surface area contributed by atoms with Gasteiger partial charge in [-0.1, -0.05) is 0 Å². The van der Waals surface area contributed by atoms with Crippen molar-refractivity contribution in [2.75, 3.05) is 0 Å². The van der Waals surface area contributed by atoms with Crippen molar-refractivity contribution in [1.82, 2.24) is 25.1 Å². The number of carbonyl (C=O) groups excluding carboxylic acids is 1. The molecule has 1 aliphatic rings.